The van der Waals surface area contributed by atoms with Crippen LogP contribution >= 0.6 is 0 Å². The first-order valence-electron chi connectivity index (χ1n) is 8.39. The first-order chi connectivity index (χ1) is 14.0. The molecular weight excluding hydrogens is 409 g/mol. The zero-order chi connectivity index (χ0) is 22.5. The van der Waals surface area contributed by atoms with Gasteiger partial charge in [0.15, 0.2) is 6.10 Å². The molecule has 0 aliphatic heterocycles. The highest BCUT2D eigenvalue weighted by Crippen LogP contribution is 2.29. The molecule has 160 valence electrons. The minimum Gasteiger partial charge on any atom is -0.480 e. The third-order valence-corrected chi connectivity index (χ3v) is 3.92. The Labute approximate surface area is 168 Å². The van der Waals surface area contributed by atoms with Crippen molar-refractivity contribution < 1.29 is 42.5 Å². The maximum atomic E-state index is 12.8. The molecule has 0 heterocycles. The molecular formula is C19H17F3N2O6. The van der Waals surface area contributed by atoms with Crippen molar-refractivity contribution >= 4 is 23.5 Å². The Morgan fingerprint density at radius 3 is 2.30 bits per heavy atom. The smallest absolute Gasteiger partial charge is 0.416 e. The van der Waals surface area contributed by atoms with E-state index in [9.17, 15) is 27.6 Å². The molecule has 2 rings (SSSR count). The molecule has 0 unspecified atom stereocenters. The number of hydrogen-bond acceptors (Lipinski definition) is 5. The standard InChI is InChI=1S/C19H17F3N2O6/c20-19(21,22)12-5-2-4-11(8-12)16(25)24-13-6-1-3-10(7-13)9-30-15(18(28)29)14(23)17(26)27/h1-8,14-15H,9,23H2,(H,24,25)(H,26,27)(H,28,29)/t14-,15-/m0/s1. The van der Waals surface area contributed by atoms with E-state index in [0.29, 0.717) is 11.6 Å². The van der Waals surface area contributed by atoms with Crippen LogP contribution in [0.4, 0.5) is 18.9 Å². The number of hydrogen-bond donors (Lipinski definition) is 4. The SMILES string of the molecule is N[C@H](C(=O)O)[C@H](OCc1cccc(NC(=O)c2cccc(C(F)(F)F)c2)c1)C(=O)O. The third kappa shape index (κ3) is 6.03. The van der Waals surface area contributed by atoms with Crippen LogP contribution in [0.15, 0.2) is 48.5 Å². The predicted octanol–water partition coefficient (Wildman–Crippen LogP) is 2.34. The Morgan fingerprint density at radius 1 is 1.03 bits per heavy atom. The van der Waals surface area contributed by atoms with Gasteiger partial charge in [-0.05, 0) is 35.9 Å². The van der Waals surface area contributed by atoms with E-state index in [1.54, 1.807) is 0 Å². The number of nitrogens with one attached hydrogen (secondary N) is 1. The monoisotopic (exact) mass is 426 g/mol. The average molecular weight is 426 g/mol. The Morgan fingerprint density at radius 2 is 1.70 bits per heavy atom. The lowest BCUT2D eigenvalue weighted by Crippen LogP contribution is -2.47. The molecule has 0 aromatic heterocycles. The molecule has 0 radical (unpaired) electrons. The van der Waals surface area contributed by atoms with E-state index in [1.807, 2.05) is 0 Å². The summed E-state index contributed by atoms with van der Waals surface area (Å²) in [6, 6.07) is 7.98. The highest BCUT2D eigenvalue weighted by Gasteiger charge is 2.32. The fraction of sp³-hybridized carbons (Fsp3) is 0.211. The molecule has 0 aliphatic rings. The van der Waals surface area contributed by atoms with Gasteiger partial charge < -0.3 is 26.0 Å². The molecule has 2 aromatic carbocycles. The number of anilines is 1. The molecule has 1 amide bonds. The van der Waals surface area contributed by atoms with Gasteiger partial charge in [-0.2, -0.15) is 13.2 Å². The number of nitrogens with two attached hydrogens (primary N) is 1. The van der Waals surface area contributed by atoms with Crippen LogP contribution in [-0.2, 0) is 27.1 Å². The largest absolute Gasteiger partial charge is 0.480 e. The number of amides is 1. The summed E-state index contributed by atoms with van der Waals surface area (Å²) in [5.74, 6) is -3.89. The lowest BCUT2D eigenvalue weighted by molar-refractivity contribution is -0.159. The second-order valence-electron chi connectivity index (χ2n) is 6.17. The molecule has 0 aliphatic carbocycles. The minimum absolute atomic E-state index is 0.204. The fourth-order valence-electron chi connectivity index (χ4n) is 2.42. The van der Waals surface area contributed by atoms with Crippen molar-refractivity contribution in [2.75, 3.05) is 5.32 Å². The zero-order valence-electron chi connectivity index (χ0n) is 15.2. The van der Waals surface area contributed by atoms with Crippen LogP contribution in [0, 0.1) is 0 Å². The molecule has 0 fully saturated rings. The Bertz CT molecular complexity index is 948. The van der Waals surface area contributed by atoms with Gasteiger partial charge in [-0.3, -0.25) is 9.59 Å². The summed E-state index contributed by atoms with van der Waals surface area (Å²) in [6.07, 6.45) is -6.39. The lowest BCUT2D eigenvalue weighted by Gasteiger charge is -2.17. The van der Waals surface area contributed by atoms with Gasteiger partial charge in [0.25, 0.3) is 5.91 Å². The average Bonchev–Trinajstić information content (AvgIpc) is 2.67. The van der Waals surface area contributed by atoms with E-state index in [2.05, 4.69) is 5.32 Å². The second kappa shape index (κ2) is 9.37. The molecule has 0 spiro atoms. The van der Waals surface area contributed by atoms with Crippen molar-refractivity contribution in [2.24, 2.45) is 5.73 Å². The van der Waals surface area contributed by atoms with E-state index in [1.165, 1.54) is 30.3 Å². The quantitative estimate of drug-likeness (QED) is 0.508. The van der Waals surface area contributed by atoms with Gasteiger partial charge in [0.05, 0.1) is 12.2 Å². The highest BCUT2D eigenvalue weighted by atomic mass is 19.4. The van der Waals surface area contributed by atoms with Gasteiger partial charge in [0.2, 0.25) is 0 Å². The molecule has 8 nitrogen and oxygen atoms in total. The maximum Gasteiger partial charge on any atom is 0.416 e. The van der Waals surface area contributed by atoms with Crippen LogP contribution in [0.25, 0.3) is 0 Å². The Kier molecular flexibility index (Phi) is 7.14. The van der Waals surface area contributed by atoms with Crippen molar-refractivity contribution in [1.29, 1.82) is 0 Å². The van der Waals surface area contributed by atoms with E-state index < -0.39 is 41.7 Å². The van der Waals surface area contributed by atoms with Gasteiger partial charge in [0, 0.05) is 11.3 Å². The summed E-state index contributed by atoms with van der Waals surface area (Å²) >= 11 is 0. The molecule has 0 bridgehead atoms. The molecule has 2 atom stereocenters. The fourth-order valence-corrected chi connectivity index (χ4v) is 2.42. The summed E-state index contributed by atoms with van der Waals surface area (Å²) in [5.41, 5.74) is 4.71. The van der Waals surface area contributed by atoms with Crippen LogP contribution in [0.3, 0.4) is 0 Å². The molecule has 2 aromatic rings. The molecule has 11 heteroatoms. The van der Waals surface area contributed by atoms with Gasteiger partial charge in [-0.25, -0.2) is 4.79 Å². The third-order valence-electron chi connectivity index (χ3n) is 3.92. The van der Waals surface area contributed by atoms with Crippen LogP contribution in [0.1, 0.15) is 21.5 Å². The van der Waals surface area contributed by atoms with Crippen LogP contribution < -0.4 is 11.1 Å². The van der Waals surface area contributed by atoms with Crippen molar-refractivity contribution in [3.05, 3.63) is 65.2 Å². The van der Waals surface area contributed by atoms with E-state index in [0.717, 1.165) is 12.1 Å². The van der Waals surface area contributed by atoms with Gasteiger partial charge in [-0.1, -0.05) is 18.2 Å². The highest BCUT2D eigenvalue weighted by molar-refractivity contribution is 6.04. The van der Waals surface area contributed by atoms with E-state index in [-0.39, 0.29) is 17.9 Å². The lowest BCUT2D eigenvalue weighted by atomic mass is 10.1. The van der Waals surface area contributed by atoms with Crippen molar-refractivity contribution in [3.8, 4) is 0 Å². The molecule has 0 saturated carbocycles. The van der Waals surface area contributed by atoms with Crippen LogP contribution in [0.5, 0.6) is 0 Å². The van der Waals surface area contributed by atoms with Gasteiger partial charge in [0.1, 0.15) is 6.04 Å². The topological polar surface area (TPSA) is 139 Å². The number of alkyl halides is 3. The van der Waals surface area contributed by atoms with Crippen molar-refractivity contribution in [2.45, 2.75) is 24.9 Å². The summed E-state index contributed by atoms with van der Waals surface area (Å²) in [4.78, 5) is 34.2. The summed E-state index contributed by atoms with van der Waals surface area (Å²) in [7, 11) is 0. The number of carboxylic acids is 2. The number of ether oxygens (including phenoxy) is 1. The van der Waals surface area contributed by atoms with E-state index in [4.69, 9.17) is 20.7 Å². The maximum absolute atomic E-state index is 12.8. The van der Waals surface area contributed by atoms with Crippen LogP contribution in [-0.4, -0.2) is 40.2 Å². The summed E-state index contributed by atoms with van der Waals surface area (Å²) < 4.78 is 43.4. The normalized spacial score (nSPS) is 13.3. The number of benzene rings is 2. The number of carbonyl (C=O) groups excluding carboxylic acids is 1. The first-order valence-corrected chi connectivity index (χ1v) is 8.39. The Hall–Kier alpha value is -3.44. The number of rotatable bonds is 8. The minimum atomic E-state index is -4.59. The number of halogens is 3. The molecule has 0 saturated heterocycles. The second-order valence-corrected chi connectivity index (χ2v) is 6.17. The Balaban J connectivity index is 2.09. The number of aliphatic carboxylic acids is 2. The van der Waals surface area contributed by atoms with Gasteiger partial charge >= 0.3 is 18.1 Å². The van der Waals surface area contributed by atoms with Crippen molar-refractivity contribution in [3.63, 3.8) is 0 Å². The van der Waals surface area contributed by atoms with Crippen LogP contribution in [0.2, 0.25) is 0 Å². The summed E-state index contributed by atoms with van der Waals surface area (Å²) in [6.45, 7) is -0.328. The molecule has 30 heavy (non-hydrogen) atoms. The zero-order valence-corrected chi connectivity index (χ0v) is 15.2. The molecule has 5 N–H and O–H groups in total. The van der Waals surface area contributed by atoms with Crippen molar-refractivity contribution in [1.82, 2.24) is 0 Å². The van der Waals surface area contributed by atoms with E-state index >= 15 is 0 Å². The summed E-state index contributed by atoms with van der Waals surface area (Å²) in [5, 5.41) is 20.3. The number of carboxylic acid groups (broad SMARTS) is 2. The number of carbonyl (C=O) groups is 3. The first kappa shape index (κ1) is 22.8. The van der Waals surface area contributed by atoms with Gasteiger partial charge in [-0.15, -0.1) is 0 Å². The predicted molar refractivity (Wildman–Crippen MR) is 97.7 cm³/mol.